The number of hydrogen-bond acceptors (Lipinski definition) is 5. The highest BCUT2D eigenvalue weighted by molar-refractivity contribution is 5.54. The lowest BCUT2D eigenvalue weighted by molar-refractivity contribution is -0.384. The fourth-order valence-electron chi connectivity index (χ4n) is 2.36. The molecule has 0 aliphatic heterocycles. The van der Waals surface area contributed by atoms with Gasteiger partial charge in [-0.3, -0.25) is 14.8 Å². The van der Waals surface area contributed by atoms with E-state index < -0.39 is 4.92 Å². The van der Waals surface area contributed by atoms with E-state index in [1.165, 1.54) is 30.1 Å². The summed E-state index contributed by atoms with van der Waals surface area (Å²) < 4.78 is 7.18. The molecule has 0 atom stereocenters. The van der Waals surface area contributed by atoms with E-state index in [0.717, 1.165) is 12.8 Å². The molecule has 0 unspecified atom stereocenters. The minimum Gasteiger partial charge on any atom is -0.376 e. The van der Waals surface area contributed by atoms with Crippen LogP contribution in [-0.2, 0) is 11.8 Å². The molecular weight excluding hydrogens is 248 g/mol. The van der Waals surface area contributed by atoms with Crippen LogP contribution in [0, 0.1) is 10.1 Å². The van der Waals surface area contributed by atoms with Gasteiger partial charge in [-0.2, -0.15) is 0 Å². The van der Waals surface area contributed by atoms with Gasteiger partial charge in [-0.15, -0.1) is 5.10 Å². The molecule has 1 heterocycles. The second-order valence-corrected chi connectivity index (χ2v) is 4.85. The Kier molecular flexibility index (Phi) is 4.73. The molecule has 0 bridgehead atoms. The van der Waals surface area contributed by atoms with Crippen LogP contribution in [0.1, 0.15) is 32.1 Å². The highest BCUT2D eigenvalue weighted by Gasteiger charge is 2.18. The Hall–Kier alpha value is -1.63. The van der Waals surface area contributed by atoms with E-state index in [0.29, 0.717) is 25.1 Å². The predicted molar refractivity (Wildman–Crippen MR) is 71.2 cm³/mol. The second-order valence-electron chi connectivity index (χ2n) is 4.85. The van der Waals surface area contributed by atoms with E-state index in [9.17, 15) is 10.1 Å². The average molecular weight is 268 g/mol. The summed E-state index contributed by atoms with van der Waals surface area (Å²) in [4.78, 5) is 10.4. The first kappa shape index (κ1) is 13.8. The van der Waals surface area contributed by atoms with Gasteiger partial charge in [0.2, 0.25) is 5.82 Å². The van der Waals surface area contributed by atoms with Crippen molar-refractivity contribution in [1.82, 2.24) is 9.78 Å². The summed E-state index contributed by atoms with van der Waals surface area (Å²) in [5, 5.41) is 17.8. The molecule has 0 radical (unpaired) electrons. The van der Waals surface area contributed by atoms with Crippen LogP contribution >= 0.6 is 0 Å². The molecule has 1 fully saturated rings. The molecule has 1 aromatic heterocycles. The number of nitro groups is 1. The Morgan fingerprint density at radius 2 is 2.26 bits per heavy atom. The third-order valence-electron chi connectivity index (χ3n) is 3.31. The van der Waals surface area contributed by atoms with Crippen molar-refractivity contribution in [2.24, 2.45) is 7.05 Å². The van der Waals surface area contributed by atoms with Crippen LogP contribution in [0.5, 0.6) is 0 Å². The molecule has 0 aromatic carbocycles. The molecule has 1 aromatic rings. The quantitative estimate of drug-likeness (QED) is 0.485. The fraction of sp³-hybridized carbons (Fsp3) is 0.750. The highest BCUT2D eigenvalue weighted by Crippen LogP contribution is 2.22. The van der Waals surface area contributed by atoms with Crippen LogP contribution in [0.2, 0.25) is 0 Å². The van der Waals surface area contributed by atoms with E-state index in [1.807, 2.05) is 0 Å². The van der Waals surface area contributed by atoms with Gasteiger partial charge in [-0.1, -0.05) is 19.3 Å². The average Bonchev–Trinajstić information content (AvgIpc) is 2.77. The Morgan fingerprint density at radius 3 is 2.95 bits per heavy atom. The van der Waals surface area contributed by atoms with Gasteiger partial charge in [-0.05, 0) is 12.8 Å². The van der Waals surface area contributed by atoms with Crippen molar-refractivity contribution in [1.29, 1.82) is 0 Å². The lowest BCUT2D eigenvalue weighted by Crippen LogP contribution is -2.20. The second kappa shape index (κ2) is 6.51. The largest absolute Gasteiger partial charge is 0.376 e. The summed E-state index contributed by atoms with van der Waals surface area (Å²) in [6, 6.07) is 0. The Labute approximate surface area is 112 Å². The number of aryl methyl sites for hydroxylation is 1. The lowest BCUT2D eigenvalue weighted by atomic mass is 9.98. The van der Waals surface area contributed by atoms with E-state index in [4.69, 9.17) is 4.74 Å². The van der Waals surface area contributed by atoms with Crippen molar-refractivity contribution in [3.63, 3.8) is 0 Å². The molecule has 0 amide bonds. The molecule has 0 saturated heterocycles. The first-order valence-electron chi connectivity index (χ1n) is 6.70. The Balaban J connectivity index is 1.74. The Bertz CT molecular complexity index is 427. The smallest absolute Gasteiger partial charge is 0.330 e. The highest BCUT2D eigenvalue weighted by atomic mass is 16.6. The van der Waals surface area contributed by atoms with Gasteiger partial charge in [-0.25, -0.2) is 0 Å². The normalized spacial score (nSPS) is 16.5. The first-order valence-corrected chi connectivity index (χ1v) is 6.70. The van der Waals surface area contributed by atoms with Crippen molar-refractivity contribution >= 4 is 11.5 Å². The maximum absolute atomic E-state index is 10.8. The Morgan fingerprint density at radius 1 is 1.53 bits per heavy atom. The summed E-state index contributed by atoms with van der Waals surface area (Å²) in [5.74, 6) is 0.305. The van der Waals surface area contributed by atoms with E-state index in [1.54, 1.807) is 7.05 Å². The van der Waals surface area contributed by atoms with Crippen molar-refractivity contribution in [2.75, 3.05) is 18.5 Å². The van der Waals surface area contributed by atoms with Crippen LogP contribution in [0.25, 0.3) is 0 Å². The molecule has 106 valence electrons. The van der Waals surface area contributed by atoms with Crippen molar-refractivity contribution < 1.29 is 9.66 Å². The molecule has 7 heteroatoms. The fourth-order valence-corrected chi connectivity index (χ4v) is 2.36. The van der Waals surface area contributed by atoms with Crippen LogP contribution in [0.4, 0.5) is 11.5 Å². The monoisotopic (exact) mass is 268 g/mol. The van der Waals surface area contributed by atoms with E-state index >= 15 is 0 Å². The molecule has 19 heavy (non-hydrogen) atoms. The summed E-state index contributed by atoms with van der Waals surface area (Å²) in [5.41, 5.74) is 0.000154. The number of nitrogens with one attached hydrogen (secondary N) is 1. The number of aromatic nitrogens is 2. The van der Waals surface area contributed by atoms with Crippen molar-refractivity contribution in [3.8, 4) is 0 Å². The summed E-state index contributed by atoms with van der Waals surface area (Å²) >= 11 is 0. The molecule has 1 saturated carbocycles. The number of rotatable bonds is 6. The first-order chi connectivity index (χ1) is 9.16. The van der Waals surface area contributed by atoms with Gasteiger partial charge in [0.1, 0.15) is 6.20 Å². The minimum absolute atomic E-state index is 0.000154. The molecule has 1 aliphatic carbocycles. The maximum atomic E-state index is 10.8. The molecule has 1 aliphatic rings. The zero-order chi connectivity index (χ0) is 13.7. The van der Waals surface area contributed by atoms with Gasteiger partial charge < -0.3 is 10.1 Å². The van der Waals surface area contributed by atoms with Crippen LogP contribution < -0.4 is 5.32 Å². The molecule has 1 N–H and O–H groups in total. The third-order valence-corrected chi connectivity index (χ3v) is 3.31. The van der Waals surface area contributed by atoms with Gasteiger partial charge in [0, 0.05) is 13.6 Å². The van der Waals surface area contributed by atoms with Gasteiger partial charge in [0.05, 0.1) is 17.6 Å². The van der Waals surface area contributed by atoms with Gasteiger partial charge >= 0.3 is 5.69 Å². The molecule has 7 nitrogen and oxygen atoms in total. The molecular formula is C12H20N4O3. The van der Waals surface area contributed by atoms with Crippen LogP contribution in [0.3, 0.4) is 0 Å². The number of anilines is 1. The molecule has 2 rings (SSSR count). The topological polar surface area (TPSA) is 82.2 Å². The molecule has 0 spiro atoms. The summed E-state index contributed by atoms with van der Waals surface area (Å²) in [7, 11) is 1.66. The van der Waals surface area contributed by atoms with Crippen molar-refractivity contribution in [3.05, 3.63) is 16.3 Å². The zero-order valence-electron chi connectivity index (χ0n) is 11.2. The number of ether oxygens (including phenoxy) is 1. The zero-order valence-corrected chi connectivity index (χ0v) is 11.2. The lowest BCUT2D eigenvalue weighted by Gasteiger charge is -2.21. The van der Waals surface area contributed by atoms with Crippen molar-refractivity contribution in [2.45, 2.75) is 38.2 Å². The van der Waals surface area contributed by atoms with E-state index in [-0.39, 0.29) is 5.69 Å². The standard InChI is InChI=1S/C12H20N4O3/c1-15-9-11(16(17)18)12(14-15)13-7-8-19-10-5-3-2-4-6-10/h9-10H,2-8H2,1H3,(H,13,14). The summed E-state index contributed by atoms with van der Waals surface area (Å²) in [6.45, 7) is 1.09. The SMILES string of the molecule is Cn1cc([N+](=O)[O-])c(NCCOC2CCCCC2)n1. The third kappa shape index (κ3) is 3.92. The van der Waals surface area contributed by atoms with Crippen LogP contribution in [-0.4, -0.2) is 34.0 Å². The number of nitrogens with zero attached hydrogens (tertiary/aromatic N) is 3. The van der Waals surface area contributed by atoms with Gasteiger partial charge in [0.25, 0.3) is 0 Å². The van der Waals surface area contributed by atoms with E-state index in [2.05, 4.69) is 10.4 Å². The maximum Gasteiger partial charge on any atom is 0.330 e. The predicted octanol–water partition coefficient (Wildman–Crippen LogP) is 2.09. The minimum atomic E-state index is -0.433. The van der Waals surface area contributed by atoms with Gasteiger partial charge in [0.15, 0.2) is 0 Å². The summed E-state index contributed by atoms with van der Waals surface area (Å²) in [6.07, 6.45) is 7.79. The number of hydrogen-bond donors (Lipinski definition) is 1. The van der Waals surface area contributed by atoms with Crippen LogP contribution in [0.15, 0.2) is 6.20 Å².